The van der Waals surface area contributed by atoms with Crippen LogP contribution in [0.4, 0.5) is 0 Å². The molecule has 104 valence electrons. The SMILES string of the molecule is CCn1c(=O)c(C(=O)O)nn(-c2ccc(Cl)cc2)c1=O. The average molecular weight is 296 g/mol. The molecule has 1 aromatic heterocycles. The van der Waals surface area contributed by atoms with Crippen LogP contribution in [0.2, 0.25) is 5.02 Å². The van der Waals surface area contributed by atoms with Crippen molar-refractivity contribution in [3.63, 3.8) is 0 Å². The number of carbonyl (C=O) groups is 1. The summed E-state index contributed by atoms with van der Waals surface area (Å²) >= 11 is 5.75. The van der Waals surface area contributed by atoms with Crippen LogP contribution in [-0.2, 0) is 6.54 Å². The molecule has 0 saturated heterocycles. The molecule has 1 N–H and O–H groups in total. The zero-order valence-corrected chi connectivity index (χ0v) is 11.2. The number of benzene rings is 1. The van der Waals surface area contributed by atoms with Gasteiger partial charge in [-0.1, -0.05) is 11.6 Å². The van der Waals surface area contributed by atoms with E-state index in [1.54, 1.807) is 6.92 Å². The standard InChI is InChI=1S/C12H10ClN3O4/c1-2-15-10(17)9(11(18)19)14-16(12(15)20)8-5-3-7(13)4-6-8/h3-6H,2H2,1H3,(H,18,19). The van der Waals surface area contributed by atoms with Crippen LogP contribution >= 0.6 is 11.6 Å². The molecule has 7 nitrogen and oxygen atoms in total. The summed E-state index contributed by atoms with van der Waals surface area (Å²) in [6.45, 7) is 1.62. The topological polar surface area (TPSA) is 94.2 Å². The van der Waals surface area contributed by atoms with Gasteiger partial charge in [-0.3, -0.25) is 9.36 Å². The van der Waals surface area contributed by atoms with Crippen molar-refractivity contribution >= 4 is 17.6 Å². The maximum atomic E-state index is 12.1. The minimum absolute atomic E-state index is 0.0497. The van der Waals surface area contributed by atoms with E-state index in [0.29, 0.717) is 10.7 Å². The van der Waals surface area contributed by atoms with Crippen LogP contribution in [0.15, 0.2) is 33.9 Å². The van der Waals surface area contributed by atoms with Gasteiger partial charge in [0, 0.05) is 11.6 Å². The Morgan fingerprint density at radius 1 is 1.30 bits per heavy atom. The molecule has 20 heavy (non-hydrogen) atoms. The Balaban J connectivity index is 2.80. The monoisotopic (exact) mass is 295 g/mol. The summed E-state index contributed by atoms with van der Waals surface area (Å²) in [5, 5.41) is 13.0. The molecule has 0 radical (unpaired) electrons. The highest BCUT2D eigenvalue weighted by atomic mass is 35.5. The maximum Gasteiger partial charge on any atom is 0.362 e. The number of aromatic nitrogens is 3. The normalized spacial score (nSPS) is 10.5. The molecule has 0 unspecified atom stereocenters. The lowest BCUT2D eigenvalue weighted by atomic mass is 10.3. The summed E-state index contributed by atoms with van der Waals surface area (Å²) in [7, 11) is 0. The smallest absolute Gasteiger partial charge is 0.362 e. The summed E-state index contributed by atoms with van der Waals surface area (Å²) in [6, 6.07) is 6.08. The molecule has 0 spiro atoms. The first-order valence-electron chi connectivity index (χ1n) is 5.69. The highest BCUT2D eigenvalue weighted by Crippen LogP contribution is 2.10. The predicted molar refractivity (Wildman–Crippen MR) is 71.7 cm³/mol. The van der Waals surface area contributed by atoms with Gasteiger partial charge in [-0.15, -0.1) is 0 Å². The van der Waals surface area contributed by atoms with Crippen molar-refractivity contribution in [3.05, 3.63) is 55.8 Å². The first-order valence-corrected chi connectivity index (χ1v) is 6.07. The fourth-order valence-electron chi connectivity index (χ4n) is 1.68. The third-order valence-electron chi connectivity index (χ3n) is 2.65. The zero-order valence-electron chi connectivity index (χ0n) is 10.4. The minimum atomic E-state index is -1.49. The number of halogens is 1. The van der Waals surface area contributed by atoms with E-state index in [1.165, 1.54) is 24.3 Å². The Bertz CT molecular complexity index is 777. The number of carboxylic acid groups (broad SMARTS) is 1. The van der Waals surface area contributed by atoms with E-state index in [4.69, 9.17) is 16.7 Å². The number of carboxylic acids is 1. The minimum Gasteiger partial charge on any atom is -0.476 e. The Kier molecular flexibility index (Phi) is 3.71. The molecule has 0 fully saturated rings. The molecule has 0 aliphatic carbocycles. The van der Waals surface area contributed by atoms with Crippen LogP contribution in [0.5, 0.6) is 0 Å². The van der Waals surface area contributed by atoms with Crippen LogP contribution in [0, 0.1) is 0 Å². The van der Waals surface area contributed by atoms with E-state index in [-0.39, 0.29) is 6.54 Å². The highest BCUT2D eigenvalue weighted by Gasteiger charge is 2.18. The molecule has 0 amide bonds. The van der Waals surface area contributed by atoms with Crippen LogP contribution < -0.4 is 11.2 Å². The van der Waals surface area contributed by atoms with Gasteiger partial charge in [-0.25, -0.2) is 9.59 Å². The van der Waals surface area contributed by atoms with Crippen molar-refractivity contribution in [1.29, 1.82) is 0 Å². The van der Waals surface area contributed by atoms with E-state index in [2.05, 4.69) is 5.10 Å². The Labute approximate surface area is 117 Å². The summed E-state index contributed by atoms with van der Waals surface area (Å²) in [4.78, 5) is 34.9. The van der Waals surface area contributed by atoms with Gasteiger partial charge in [0.1, 0.15) is 0 Å². The second-order valence-electron chi connectivity index (χ2n) is 3.87. The molecule has 0 aliphatic heterocycles. The third-order valence-corrected chi connectivity index (χ3v) is 2.90. The lowest BCUT2D eigenvalue weighted by molar-refractivity contribution is 0.0684. The van der Waals surface area contributed by atoms with E-state index < -0.39 is 22.9 Å². The second-order valence-corrected chi connectivity index (χ2v) is 4.31. The molecule has 0 aliphatic rings. The number of nitrogens with zero attached hydrogens (tertiary/aromatic N) is 3. The van der Waals surface area contributed by atoms with Gasteiger partial charge < -0.3 is 5.11 Å². The first-order chi connectivity index (χ1) is 9.45. The maximum absolute atomic E-state index is 12.1. The Morgan fingerprint density at radius 3 is 2.40 bits per heavy atom. The van der Waals surface area contributed by atoms with Crippen molar-refractivity contribution < 1.29 is 9.90 Å². The Morgan fingerprint density at radius 2 is 1.90 bits per heavy atom. The molecule has 8 heteroatoms. The summed E-state index contributed by atoms with van der Waals surface area (Å²) < 4.78 is 1.68. The first kappa shape index (κ1) is 14.0. The third kappa shape index (κ3) is 2.35. The van der Waals surface area contributed by atoms with Gasteiger partial charge in [-0.2, -0.15) is 9.78 Å². The van der Waals surface area contributed by atoms with Crippen molar-refractivity contribution in [2.75, 3.05) is 0 Å². The fraction of sp³-hybridized carbons (Fsp3) is 0.167. The van der Waals surface area contributed by atoms with Crippen LogP contribution in [0.3, 0.4) is 0 Å². The molecule has 1 heterocycles. The number of aromatic carboxylic acids is 1. The van der Waals surface area contributed by atoms with E-state index >= 15 is 0 Å². The number of hydrogen-bond acceptors (Lipinski definition) is 4. The summed E-state index contributed by atoms with van der Waals surface area (Å²) in [5.74, 6) is -1.49. The van der Waals surface area contributed by atoms with Crippen LogP contribution in [-0.4, -0.2) is 25.4 Å². The molecule has 1 aromatic carbocycles. The fourth-order valence-corrected chi connectivity index (χ4v) is 1.80. The lowest BCUT2D eigenvalue weighted by Gasteiger charge is -2.09. The largest absolute Gasteiger partial charge is 0.476 e. The van der Waals surface area contributed by atoms with Crippen LogP contribution in [0.25, 0.3) is 5.69 Å². The Hall–Kier alpha value is -2.41. The van der Waals surface area contributed by atoms with Gasteiger partial charge >= 0.3 is 11.7 Å². The lowest BCUT2D eigenvalue weighted by Crippen LogP contribution is -2.43. The average Bonchev–Trinajstić information content (AvgIpc) is 2.40. The van der Waals surface area contributed by atoms with E-state index in [0.717, 1.165) is 9.25 Å². The van der Waals surface area contributed by atoms with Crippen molar-refractivity contribution in [2.45, 2.75) is 13.5 Å². The summed E-state index contributed by atoms with van der Waals surface area (Å²) in [5.41, 5.74) is -2.01. The molecule has 2 rings (SSSR count). The molecule has 2 aromatic rings. The van der Waals surface area contributed by atoms with Gasteiger partial charge in [0.2, 0.25) is 5.69 Å². The van der Waals surface area contributed by atoms with Crippen molar-refractivity contribution in [2.24, 2.45) is 0 Å². The van der Waals surface area contributed by atoms with Gasteiger partial charge in [0.15, 0.2) is 0 Å². The second kappa shape index (κ2) is 5.30. The van der Waals surface area contributed by atoms with Crippen LogP contribution in [0.1, 0.15) is 17.4 Å². The van der Waals surface area contributed by atoms with Crippen molar-refractivity contribution in [3.8, 4) is 5.69 Å². The molecular formula is C12H10ClN3O4. The number of rotatable bonds is 3. The van der Waals surface area contributed by atoms with E-state index in [9.17, 15) is 14.4 Å². The molecule has 0 atom stereocenters. The van der Waals surface area contributed by atoms with E-state index in [1.807, 2.05) is 0 Å². The van der Waals surface area contributed by atoms with Crippen molar-refractivity contribution in [1.82, 2.24) is 14.3 Å². The van der Waals surface area contributed by atoms with Gasteiger partial charge in [0.25, 0.3) is 5.56 Å². The number of hydrogen-bond donors (Lipinski definition) is 1. The molecule has 0 bridgehead atoms. The zero-order chi connectivity index (χ0) is 14.9. The van der Waals surface area contributed by atoms with Gasteiger partial charge in [0.05, 0.1) is 5.69 Å². The molecule has 0 saturated carbocycles. The van der Waals surface area contributed by atoms with Gasteiger partial charge in [-0.05, 0) is 31.2 Å². The highest BCUT2D eigenvalue weighted by molar-refractivity contribution is 6.30. The quantitative estimate of drug-likeness (QED) is 0.902. The predicted octanol–water partition coefficient (Wildman–Crippen LogP) is 0.766. The summed E-state index contributed by atoms with van der Waals surface area (Å²) in [6.07, 6.45) is 0. The molecular weight excluding hydrogens is 286 g/mol.